The van der Waals surface area contributed by atoms with Gasteiger partial charge in [-0.25, -0.2) is 0 Å². The normalized spacial score (nSPS) is 27.2. The molecular formula is C6H9AuOTe. The van der Waals surface area contributed by atoms with E-state index in [2.05, 4.69) is 22.3 Å². The van der Waals surface area contributed by atoms with Gasteiger partial charge in [0.15, 0.2) is 0 Å². The fourth-order valence-corrected chi connectivity index (χ4v) is 1.99. The van der Waals surface area contributed by atoms with E-state index in [1.165, 1.54) is 6.42 Å². The molecule has 0 amide bonds. The van der Waals surface area contributed by atoms with Crippen molar-refractivity contribution in [1.82, 2.24) is 0 Å². The Morgan fingerprint density at radius 2 is 2.22 bits per heavy atom. The predicted octanol–water partition coefficient (Wildman–Crippen LogP) is 1.08. The molecule has 1 saturated carbocycles. The summed E-state index contributed by atoms with van der Waals surface area (Å²) in [5.41, 5.74) is 0. The number of rotatable bonds is 0. The molecule has 0 aromatic carbocycles. The first kappa shape index (κ1) is 10.2. The first-order chi connectivity index (χ1) is 3.79. The molecule has 56 valence electrons. The maximum absolute atomic E-state index is 10.7. The van der Waals surface area contributed by atoms with Gasteiger partial charge in [0.05, 0.1) is 0 Å². The van der Waals surface area contributed by atoms with Crippen LogP contribution in [0.4, 0.5) is 0 Å². The Bertz CT molecular complexity index is 105. The maximum Gasteiger partial charge on any atom is 0 e. The van der Waals surface area contributed by atoms with Crippen molar-refractivity contribution in [3.63, 3.8) is 0 Å². The molecular weight excluding hydrogens is 413 g/mol. The van der Waals surface area contributed by atoms with E-state index in [1.54, 1.807) is 0 Å². The van der Waals surface area contributed by atoms with E-state index < -0.39 is 0 Å². The molecule has 0 heterocycles. The van der Waals surface area contributed by atoms with Crippen molar-refractivity contribution in [1.29, 1.82) is 0 Å². The Labute approximate surface area is 84.4 Å². The molecule has 0 aromatic heterocycles. The standard InChI is InChI=1S/C6H9OTe.Au/c7-5-2-1-3-6(8)4-5;/h6H,1-4H2;. The average molecular weight is 422 g/mol. The van der Waals surface area contributed by atoms with Crippen LogP contribution in [0.25, 0.3) is 0 Å². The number of ketones is 1. The van der Waals surface area contributed by atoms with Crippen LogP contribution < -0.4 is 0 Å². The second kappa shape index (κ2) is 4.93. The van der Waals surface area contributed by atoms with Crippen LogP contribution in [0.3, 0.4) is 0 Å². The van der Waals surface area contributed by atoms with Crippen molar-refractivity contribution < 1.29 is 27.2 Å². The zero-order chi connectivity index (χ0) is 5.98. The van der Waals surface area contributed by atoms with Crippen LogP contribution in [-0.4, -0.2) is 28.1 Å². The van der Waals surface area contributed by atoms with Crippen molar-refractivity contribution in [2.24, 2.45) is 0 Å². The Morgan fingerprint density at radius 1 is 1.56 bits per heavy atom. The molecule has 1 fully saturated rings. The van der Waals surface area contributed by atoms with E-state index >= 15 is 0 Å². The summed E-state index contributed by atoms with van der Waals surface area (Å²) < 4.78 is 0.673. The van der Waals surface area contributed by atoms with Gasteiger partial charge in [-0.1, -0.05) is 0 Å². The summed E-state index contributed by atoms with van der Waals surface area (Å²) in [7, 11) is 0. The Morgan fingerprint density at radius 3 is 2.56 bits per heavy atom. The van der Waals surface area contributed by atoms with Gasteiger partial charge in [-0.15, -0.1) is 0 Å². The predicted molar refractivity (Wildman–Crippen MR) is 33.0 cm³/mol. The average Bonchev–Trinajstić information content (AvgIpc) is 1.64. The van der Waals surface area contributed by atoms with E-state index in [9.17, 15) is 4.79 Å². The zero-order valence-corrected chi connectivity index (χ0v) is 9.52. The van der Waals surface area contributed by atoms with E-state index in [0.29, 0.717) is 9.75 Å². The summed E-state index contributed by atoms with van der Waals surface area (Å²) in [6.07, 6.45) is 4.06. The number of carbonyl (C=O) groups excluding carboxylic acids is 1. The first-order valence-electron chi connectivity index (χ1n) is 2.96. The third-order valence-electron chi connectivity index (χ3n) is 1.44. The minimum Gasteiger partial charge on any atom is 0 e. The second-order valence-electron chi connectivity index (χ2n) is 2.26. The topological polar surface area (TPSA) is 17.1 Å². The Kier molecular flexibility index (Phi) is 5.59. The van der Waals surface area contributed by atoms with Gasteiger partial charge in [0, 0.05) is 22.4 Å². The van der Waals surface area contributed by atoms with Gasteiger partial charge < -0.3 is 0 Å². The van der Waals surface area contributed by atoms with Gasteiger partial charge in [-0.05, 0) is 0 Å². The third kappa shape index (κ3) is 3.80. The molecule has 1 aliphatic carbocycles. The summed E-state index contributed by atoms with van der Waals surface area (Å²) >= 11 is 2.08. The summed E-state index contributed by atoms with van der Waals surface area (Å²) in [6.45, 7) is 0. The molecule has 2 radical (unpaired) electrons. The fraction of sp³-hybridized carbons (Fsp3) is 0.833. The number of Topliss-reactive ketones (excluding diaryl/α,β-unsaturated/α-hetero) is 1. The van der Waals surface area contributed by atoms with Gasteiger partial charge >= 0.3 is 62.5 Å². The Balaban J connectivity index is 0.000000640. The van der Waals surface area contributed by atoms with Gasteiger partial charge in [0.25, 0.3) is 0 Å². The van der Waals surface area contributed by atoms with Crippen LogP contribution in [0.15, 0.2) is 0 Å². The van der Waals surface area contributed by atoms with Crippen molar-refractivity contribution in [3.05, 3.63) is 0 Å². The van der Waals surface area contributed by atoms with Crippen LogP contribution in [0.5, 0.6) is 0 Å². The van der Waals surface area contributed by atoms with E-state index in [-0.39, 0.29) is 22.4 Å². The summed E-state index contributed by atoms with van der Waals surface area (Å²) in [5.74, 6) is 0.464. The van der Waals surface area contributed by atoms with Gasteiger partial charge in [0.1, 0.15) is 0 Å². The number of hydrogen-bond acceptors (Lipinski definition) is 1. The molecule has 0 spiro atoms. The molecule has 1 rings (SSSR count). The van der Waals surface area contributed by atoms with Crippen LogP contribution in [0, 0.1) is 0 Å². The molecule has 1 atom stereocenters. The molecule has 1 nitrogen and oxygen atoms in total. The van der Waals surface area contributed by atoms with Gasteiger partial charge in [-0.2, -0.15) is 0 Å². The van der Waals surface area contributed by atoms with Crippen LogP contribution in [0.1, 0.15) is 25.7 Å². The smallest absolute Gasteiger partial charge is 0 e. The van der Waals surface area contributed by atoms with Crippen molar-refractivity contribution in [2.45, 2.75) is 29.6 Å². The molecule has 0 aromatic rings. The summed E-state index contributed by atoms with van der Waals surface area (Å²) in [6, 6.07) is 0. The SMILES string of the molecule is O=C1CCCC([Te])C1.[Au]. The van der Waals surface area contributed by atoms with Crippen LogP contribution in [-0.2, 0) is 27.2 Å². The maximum atomic E-state index is 10.7. The summed E-state index contributed by atoms with van der Waals surface area (Å²) in [4.78, 5) is 10.7. The molecule has 1 unspecified atom stereocenters. The van der Waals surface area contributed by atoms with E-state index in [4.69, 9.17) is 0 Å². The second-order valence-corrected chi connectivity index (χ2v) is 4.16. The molecule has 0 saturated heterocycles. The molecule has 0 N–H and O–H groups in total. The fourth-order valence-electron chi connectivity index (χ4n) is 0.985. The number of hydrogen-bond donors (Lipinski definition) is 0. The van der Waals surface area contributed by atoms with Crippen molar-refractivity contribution >= 4 is 28.1 Å². The van der Waals surface area contributed by atoms with E-state index in [1.807, 2.05) is 0 Å². The minimum atomic E-state index is 0. The van der Waals surface area contributed by atoms with Gasteiger partial charge in [-0.3, -0.25) is 0 Å². The molecule has 0 bridgehead atoms. The van der Waals surface area contributed by atoms with Crippen LogP contribution >= 0.6 is 0 Å². The molecule has 0 aliphatic heterocycles. The summed E-state index contributed by atoms with van der Waals surface area (Å²) in [5, 5.41) is 0. The molecule has 3 heteroatoms. The quantitative estimate of drug-likeness (QED) is 0.535. The Hall–Kier alpha value is 1.20. The minimum absolute atomic E-state index is 0. The number of carbonyl (C=O) groups is 1. The third-order valence-corrected chi connectivity index (χ3v) is 2.59. The monoisotopic (exact) mass is 424 g/mol. The van der Waals surface area contributed by atoms with E-state index in [0.717, 1.165) is 19.3 Å². The largest absolute Gasteiger partial charge is 0 e. The molecule has 9 heavy (non-hydrogen) atoms. The van der Waals surface area contributed by atoms with Crippen molar-refractivity contribution in [2.75, 3.05) is 0 Å². The van der Waals surface area contributed by atoms with Crippen LogP contribution in [0.2, 0.25) is 3.97 Å². The molecule has 1 aliphatic rings. The van der Waals surface area contributed by atoms with Gasteiger partial charge in [0.2, 0.25) is 0 Å². The zero-order valence-electron chi connectivity index (χ0n) is 5.02. The first-order valence-corrected chi connectivity index (χ1v) is 4.31. The van der Waals surface area contributed by atoms with Crippen molar-refractivity contribution in [3.8, 4) is 0 Å².